The lowest BCUT2D eigenvalue weighted by Gasteiger charge is -1.96. The maximum atomic E-state index is 3.57. The van der Waals surface area contributed by atoms with Gasteiger partial charge in [-0.25, -0.2) is 0 Å². The molecule has 0 spiro atoms. The lowest BCUT2D eigenvalue weighted by molar-refractivity contribution is 0.683. The van der Waals surface area contributed by atoms with Crippen LogP contribution in [0.5, 0.6) is 0 Å². The quantitative estimate of drug-likeness (QED) is 0.440. The molecule has 0 fully saturated rings. The van der Waals surface area contributed by atoms with Crippen LogP contribution in [0, 0.1) is 0 Å². The number of hydrogen-bond acceptors (Lipinski definition) is 1. The predicted octanol–water partition coefficient (Wildman–Crippen LogP) is 2.47. The van der Waals surface area contributed by atoms with E-state index in [1.807, 2.05) is 12.3 Å². The average molecular weight is 139 g/mol. The van der Waals surface area contributed by atoms with Crippen LogP contribution < -0.4 is 5.32 Å². The lowest BCUT2D eigenvalue weighted by atomic mass is 10.2. The van der Waals surface area contributed by atoms with Gasteiger partial charge in [0.1, 0.15) is 0 Å². The van der Waals surface area contributed by atoms with Gasteiger partial charge >= 0.3 is 0 Å². The summed E-state index contributed by atoms with van der Waals surface area (Å²) in [6.45, 7) is 6.86. The van der Waals surface area contributed by atoms with Gasteiger partial charge in [-0.1, -0.05) is 32.4 Å². The molecule has 0 heterocycles. The first-order chi connectivity index (χ1) is 4.91. The second kappa shape index (κ2) is 8.28. The van der Waals surface area contributed by atoms with Crippen molar-refractivity contribution in [1.82, 2.24) is 5.32 Å². The molecule has 0 saturated carbocycles. The van der Waals surface area contributed by atoms with E-state index in [2.05, 4.69) is 18.8 Å². The topological polar surface area (TPSA) is 12.0 Å². The Morgan fingerprint density at radius 3 is 2.80 bits per heavy atom. The highest BCUT2D eigenvalue weighted by atomic mass is 14.8. The Bertz CT molecular complexity index is 94.9. The van der Waals surface area contributed by atoms with E-state index >= 15 is 0 Å². The van der Waals surface area contributed by atoms with Crippen LogP contribution in [0.3, 0.4) is 0 Å². The van der Waals surface area contributed by atoms with Crippen LogP contribution in [0.1, 0.15) is 26.2 Å². The number of nitrogens with one attached hydrogen (secondary N) is 1. The Morgan fingerprint density at radius 2 is 2.20 bits per heavy atom. The van der Waals surface area contributed by atoms with Crippen LogP contribution >= 0.6 is 0 Å². The Labute approximate surface area is 63.8 Å². The summed E-state index contributed by atoms with van der Waals surface area (Å²) in [5.74, 6) is 0. The largest absolute Gasteiger partial charge is 0.391 e. The summed E-state index contributed by atoms with van der Waals surface area (Å²) in [6, 6.07) is 0. The number of allylic oxidation sites excluding steroid dienone is 2. The molecule has 0 saturated heterocycles. The van der Waals surface area contributed by atoms with E-state index in [0.717, 1.165) is 6.54 Å². The van der Waals surface area contributed by atoms with Gasteiger partial charge < -0.3 is 5.32 Å². The standard InChI is InChI=1S/C9H17N/c1-3-5-7-9-10-8-6-4-2/h4,6,8,10H,2-3,5,7,9H2,1H3/b8-6+. The highest BCUT2D eigenvalue weighted by Crippen LogP contribution is 1.90. The minimum atomic E-state index is 1.08. The fourth-order valence-corrected chi connectivity index (χ4v) is 0.696. The van der Waals surface area contributed by atoms with E-state index < -0.39 is 0 Å². The SMILES string of the molecule is C=C/C=C/NCCCCC. The molecule has 0 atom stereocenters. The molecule has 0 radical (unpaired) electrons. The molecule has 0 aromatic heterocycles. The summed E-state index contributed by atoms with van der Waals surface area (Å²) in [7, 11) is 0. The van der Waals surface area contributed by atoms with Gasteiger partial charge in [0.15, 0.2) is 0 Å². The van der Waals surface area contributed by atoms with E-state index in [-0.39, 0.29) is 0 Å². The van der Waals surface area contributed by atoms with E-state index in [4.69, 9.17) is 0 Å². The third-order valence-corrected chi connectivity index (χ3v) is 1.27. The van der Waals surface area contributed by atoms with Crippen LogP contribution in [-0.4, -0.2) is 6.54 Å². The molecule has 0 bridgehead atoms. The van der Waals surface area contributed by atoms with Gasteiger partial charge in [-0.3, -0.25) is 0 Å². The van der Waals surface area contributed by atoms with Crippen molar-refractivity contribution in [2.45, 2.75) is 26.2 Å². The maximum Gasteiger partial charge on any atom is 0.0141 e. The summed E-state index contributed by atoms with van der Waals surface area (Å²) in [6.07, 6.45) is 9.47. The van der Waals surface area contributed by atoms with Gasteiger partial charge in [-0.15, -0.1) is 0 Å². The third kappa shape index (κ3) is 7.28. The number of hydrogen-bond donors (Lipinski definition) is 1. The van der Waals surface area contributed by atoms with Crippen molar-refractivity contribution in [3.05, 3.63) is 24.9 Å². The highest BCUT2D eigenvalue weighted by Gasteiger charge is 1.80. The molecule has 0 aliphatic carbocycles. The second-order valence-corrected chi connectivity index (χ2v) is 2.26. The lowest BCUT2D eigenvalue weighted by Crippen LogP contribution is -2.05. The van der Waals surface area contributed by atoms with Crippen molar-refractivity contribution in [3.63, 3.8) is 0 Å². The van der Waals surface area contributed by atoms with E-state index in [1.54, 1.807) is 6.08 Å². The molecular weight excluding hydrogens is 122 g/mol. The van der Waals surface area contributed by atoms with E-state index in [9.17, 15) is 0 Å². The smallest absolute Gasteiger partial charge is 0.0141 e. The van der Waals surface area contributed by atoms with E-state index in [0.29, 0.717) is 0 Å². The van der Waals surface area contributed by atoms with Crippen LogP contribution in [0.4, 0.5) is 0 Å². The average Bonchev–Trinajstić information content (AvgIpc) is 1.97. The van der Waals surface area contributed by atoms with Gasteiger partial charge in [0.05, 0.1) is 0 Å². The van der Waals surface area contributed by atoms with Gasteiger partial charge in [0, 0.05) is 6.54 Å². The van der Waals surface area contributed by atoms with Gasteiger partial charge in [-0.2, -0.15) is 0 Å². The van der Waals surface area contributed by atoms with Crippen molar-refractivity contribution in [2.75, 3.05) is 6.54 Å². The van der Waals surface area contributed by atoms with Crippen LogP contribution in [-0.2, 0) is 0 Å². The predicted molar refractivity (Wildman–Crippen MR) is 46.9 cm³/mol. The molecule has 0 amide bonds. The normalized spacial score (nSPS) is 10.1. The molecule has 0 aromatic rings. The number of rotatable bonds is 6. The summed E-state index contributed by atoms with van der Waals surface area (Å²) >= 11 is 0. The number of unbranched alkanes of at least 4 members (excludes halogenated alkanes) is 2. The van der Waals surface area contributed by atoms with Crippen LogP contribution in [0.2, 0.25) is 0 Å². The Kier molecular flexibility index (Phi) is 7.68. The van der Waals surface area contributed by atoms with Crippen molar-refractivity contribution >= 4 is 0 Å². The monoisotopic (exact) mass is 139 g/mol. The fraction of sp³-hybridized carbons (Fsp3) is 0.556. The second-order valence-electron chi connectivity index (χ2n) is 2.26. The molecular formula is C9H17N. The zero-order valence-electron chi connectivity index (χ0n) is 6.77. The fourth-order valence-electron chi connectivity index (χ4n) is 0.696. The molecule has 0 unspecified atom stereocenters. The summed E-state index contributed by atoms with van der Waals surface area (Å²) < 4.78 is 0. The molecule has 0 aromatic carbocycles. The first kappa shape index (κ1) is 9.28. The van der Waals surface area contributed by atoms with Gasteiger partial charge in [0.2, 0.25) is 0 Å². The first-order valence-corrected chi connectivity index (χ1v) is 3.92. The molecule has 0 rings (SSSR count). The first-order valence-electron chi connectivity index (χ1n) is 3.92. The summed E-state index contributed by atoms with van der Waals surface area (Å²) in [5.41, 5.74) is 0. The van der Waals surface area contributed by atoms with Crippen molar-refractivity contribution in [2.24, 2.45) is 0 Å². The molecule has 58 valence electrons. The molecule has 1 nitrogen and oxygen atoms in total. The maximum absolute atomic E-state index is 3.57. The summed E-state index contributed by atoms with van der Waals surface area (Å²) in [4.78, 5) is 0. The molecule has 1 N–H and O–H groups in total. The van der Waals surface area contributed by atoms with E-state index in [1.165, 1.54) is 19.3 Å². The third-order valence-electron chi connectivity index (χ3n) is 1.27. The van der Waals surface area contributed by atoms with Crippen molar-refractivity contribution < 1.29 is 0 Å². The van der Waals surface area contributed by atoms with Crippen molar-refractivity contribution in [3.8, 4) is 0 Å². The minimum absolute atomic E-state index is 1.08. The zero-order valence-corrected chi connectivity index (χ0v) is 6.77. The molecule has 0 aliphatic heterocycles. The molecule has 0 aliphatic rings. The Hall–Kier alpha value is -0.720. The van der Waals surface area contributed by atoms with Gasteiger partial charge in [-0.05, 0) is 18.7 Å². The van der Waals surface area contributed by atoms with Crippen LogP contribution in [0.15, 0.2) is 24.9 Å². The Morgan fingerprint density at radius 1 is 1.40 bits per heavy atom. The van der Waals surface area contributed by atoms with Gasteiger partial charge in [0.25, 0.3) is 0 Å². The van der Waals surface area contributed by atoms with Crippen LogP contribution in [0.25, 0.3) is 0 Å². The Balaban J connectivity index is 2.90. The summed E-state index contributed by atoms with van der Waals surface area (Å²) in [5, 5.41) is 3.17. The zero-order chi connectivity index (χ0) is 7.66. The highest BCUT2D eigenvalue weighted by molar-refractivity contribution is 4.95. The van der Waals surface area contributed by atoms with Crippen molar-refractivity contribution in [1.29, 1.82) is 0 Å². The molecule has 10 heavy (non-hydrogen) atoms. The minimum Gasteiger partial charge on any atom is -0.391 e. The molecule has 1 heteroatoms.